The number of halogens is 1. The van der Waals surface area contributed by atoms with Gasteiger partial charge in [-0.3, -0.25) is 4.98 Å². The minimum absolute atomic E-state index is 0.371. The average molecular weight is 224 g/mol. The topological polar surface area (TPSA) is 46.0 Å². The van der Waals surface area contributed by atoms with E-state index in [1.54, 1.807) is 18.4 Å². The van der Waals surface area contributed by atoms with Crippen molar-refractivity contribution >= 4 is 11.3 Å². The number of pyridine rings is 1. The first-order valence-corrected chi connectivity index (χ1v) is 5.30. The number of aromatic nitrogens is 2. The maximum absolute atomic E-state index is 12.6. The number of rotatable bonds is 2. The number of aliphatic hydroxyl groups is 1. The highest BCUT2D eigenvalue weighted by atomic mass is 32.1. The number of hydrogen-bond donors (Lipinski definition) is 1. The first kappa shape index (κ1) is 10.2. The molecule has 0 saturated carbocycles. The van der Waals surface area contributed by atoms with Crippen molar-refractivity contribution in [2.75, 3.05) is 0 Å². The monoisotopic (exact) mass is 224 g/mol. The normalized spacial score (nSPS) is 12.7. The maximum atomic E-state index is 12.6. The van der Waals surface area contributed by atoms with Gasteiger partial charge in [-0.2, -0.15) is 0 Å². The Bertz CT molecular complexity index is 453. The summed E-state index contributed by atoms with van der Waals surface area (Å²) in [5.74, 6) is -0.371. The van der Waals surface area contributed by atoms with Crippen LogP contribution in [0.1, 0.15) is 18.0 Å². The van der Waals surface area contributed by atoms with Crippen LogP contribution in [-0.4, -0.2) is 15.1 Å². The number of hydrogen-bond acceptors (Lipinski definition) is 4. The summed E-state index contributed by atoms with van der Waals surface area (Å²) in [6.45, 7) is 1.65. The Hall–Kier alpha value is -1.33. The Labute approximate surface area is 90.3 Å². The number of thiazole rings is 1. The fraction of sp³-hybridized carbons (Fsp3) is 0.200. The summed E-state index contributed by atoms with van der Waals surface area (Å²) in [4.78, 5) is 8.10. The maximum Gasteiger partial charge on any atom is 0.141 e. The van der Waals surface area contributed by atoms with E-state index in [0.29, 0.717) is 16.4 Å². The van der Waals surface area contributed by atoms with Crippen molar-refractivity contribution in [2.45, 2.75) is 13.0 Å². The lowest BCUT2D eigenvalue weighted by atomic mass is 10.3. The van der Waals surface area contributed by atoms with Gasteiger partial charge >= 0.3 is 0 Å². The Morgan fingerprint density at radius 2 is 2.20 bits per heavy atom. The third kappa shape index (κ3) is 2.19. The Kier molecular flexibility index (Phi) is 2.75. The molecule has 1 atom stereocenters. The molecule has 78 valence electrons. The van der Waals surface area contributed by atoms with Crippen molar-refractivity contribution < 1.29 is 9.50 Å². The van der Waals surface area contributed by atoms with Crippen molar-refractivity contribution in [2.24, 2.45) is 0 Å². The zero-order chi connectivity index (χ0) is 10.8. The SMILES string of the molecule is CC(O)c1nc(-c2ccc(F)cn2)cs1. The number of nitrogens with zero attached hydrogens (tertiary/aromatic N) is 2. The van der Waals surface area contributed by atoms with Crippen LogP contribution >= 0.6 is 11.3 Å². The summed E-state index contributed by atoms with van der Waals surface area (Å²) in [7, 11) is 0. The first-order chi connectivity index (χ1) is 7.16. The number of aliphatic hydroxyl groups excluding tert-OH is 1. The molecule has 3 nitrogen and oxygen atoms in total. The predicted molar refractivity (Wildman–Crippen MR) is 55.9 cm³/mol. The van der Waals surface area contributed by atoms with E-state index >= 15 is 0 Å². The second kappa shape index (κ2) is 4.04. The molecule has 2 heterocycles. The summed E-state index contributed by atoms with van der Waals surface area (Å²) in [5.41, 5.74) is 1.27. The van der Waals surface area contributed by atoms with E-state index in [1.165, 1.54) is 17.4 Å². The van der Waals surface area contributed by atoms with Crippen LogP contribution in [0, 0.1) is 5.82 Å². The fourth-order valence-corrected chi connectivity index (χ4v) is 1.88. The van der Waals surface area contributed by atoms with Gasteiger partial charge in [-0.1, -0.05) is 0 Å². The molecule has 0 bridgehead atoms. The molecular weight excluding hydrogens is 215 g/mol. The lowest BCUT2D eigenvalue weighted by Gasteiger charge is -1.97. The molecular formula is C10H9FN2OS. The van der Waals surface area contributed by atoms with Gasteiger partial charge in [0, 0.05) is 5.38 Å². The molecule has 15 heavy (non-hydrogen) atoms. The Balaban J connectivity index is 2.33. The third-order valence-corrected chi connectivity index (χ3v) is 2.88. The van der Waals surface area contributed by atoms with Gasteiger partial charge in [0.15, 0.2) is 0 Å². The van der Waals surface area contributed by atoms with Gasteiger partial charge in [0.05, 0.1) is 17.6 Å². The first-order valence-electron chi connectivity index (χ1n) is 4.42. The zero-order valence-corrected chi connectivity index (χ0v) is 8.83. The predicted octanol–water partition coefficient (Wildman–Crippen LogP) is 2.40. The van der Waals surface area contributed by atoms with Crippen LogP contribution in [0.2, 0.25) is 0 Å². The van der Waals surface area contributed by atoms with Gasteiger partial charge in [0.1, 0.15) is 16.9 Å². The lowest BCUT2D eigenvalue weighted by Crippen LogP contribution is -1.90. The quantitative estimate of drug-likeness (QED) is 0.852. The van der Waals surface area contributed by atoms with E-state index < -0.39 is 6.10 Å². The van der Waals surface area contributed by atoms with Crippen molar-refractivity contribution in [1.29, 1.82) is 0 Å². The van der Waals surface area contributed by atoms with Gasteiger partial charge < -0.3 is 5.11 Å². The summed E-state index contributed by atoms with van der Waals surface area (Å²) >= 11 is 1.36. The molecule has 0 aliphatic carbocycles. The van der Waals surface area contributed by atoms with E-state index in [4.69, 9.17) is 0 Å². The second-order valence-corrected chi connectivity index (χ2v) is 4.00. The molecule has 2 rings (SSSR count). The highest BCUT2D eigenvalue weighted by Crippen LogP contribution is 2.23. The molecule has 0 aliphatic rings. The highest BCUT2D eigenvalue weighted by Gasteiger charge is 2.09. The molecule has 0 amide bonds. The van der Waals surface area contributed by atoms with Gasteiger partial charge in [0.25, 0.3) is 0 Å². The van der Waals surface area contributed by atoms with Crippen LogP contribution in [0.4, 0.5) is 4.39 Å². The van der Waals surface area contributed by atoms with E-state index in [0.717, 1.165) is 6.20 Å². The van der Waals surface area contributed by atoms with E-state index in [1.807, 2.05) is 0 Å². The van der Waals surface area contributed by atoms with Crippen LogP contribution in [0.25, 0.3) is 11.4 Å². The van der Waals surface area contributed by atoms with Crippen LogP contribution in [0.3, 0.4) is 0 Å². The molecule has 1 unspecified atom stereocenters. The smallest absolute Gasteiger partial charge is 0.141 e. The largest absolute Gasteiger partial charge is 0.386 e. The van der Waals surface area contributed by atoms with E-state index in [9.17, 15) is 9.50 Å². The molecule has 0 aliphatic heterocycles. The molecule has 2 aromatic heterocycles. The molecule has 2 aromatic rings. The van der Waals surface area contributed by atoms with Gasteiger partial charge in [-0.25, -0.2) is 9.37 Å². The van der Waals surface area contributed by atoms with Crippen LogP contribution in [0.5, 0.6) is 0 Å². The van der Waals surface area contributed by atoms with Crippen molar-refractivity contribution in [3.05, 3.63) is 34.5 Å². The molecule has 1 N–H and O–H groups in total. The third-order valence-electron chi connectivity index (χ3n) is 1.87. The summed E-state index contributed by atoms with van der Waals surface area (Å²) in [6, 6.07) is 2.90. The summed E-state index contributed by atoms with van der Waals surface area (Å²) < 4.78 is 12.6. The zero-order valence-electron chi connectivity index (χ0n) is 8.01. The molecule has 0 aromatic carbocycles. The van der Waals surface area contributed by atoms with Crippen LogP contribution in [0.15, 0.2) is 23.7 Å². The molecule has 0 fully saturated rings. The van der Waals surface area contributed by atoms with Gasteiger partial charge in [-0.05, 0) is 19.1 Å². The van der Waals surface area contributed by atoms with Crippen molar-refractivity contribution in [3.63, 3.8) is 0 Å². The van der Waals surface area contributed by atoms with Crippen LogP contribution < -0.4 is 0 Å². The molecule has 0 spiro atoms. The van der Waals surface area contributed by atoms with E-state index in [-0.39, 0.29) is 5.82 Å². The summed E-state index contributed by atoms with van der Waals surface area (Å²) in [6.07, 6.45) is 0.570. The summed E-state index contributed by atoms with van der Waals surface area (Å²) in [5, 5.41) is 11.7. The minimum atomic E-state index is -0.579. The van der Waals surface area contributed by atoms with Crippen molar-refractivity contribution in [3.8, 4) is 11.4 Å². The molecule has 0 saturated heterocycles. The molecule has 0 radical (unpaired) electrons. The lowest BCUT2D eigenvalue weighted by molar-refractivity contribution is 0.199. The fourth-order valence-electron chi connectivity index (χ4n) is 1.12. The highest BCUT2D eigenvalue weighted by molar-refractivity contribution is 7.10. The Morgan fingerprint density at radius 3 is 2.73 bits per heavy atom. The standard InChI is InChI=1S/C10H9FN2OS/c1-6(14)10-13-9(5-15-10)8-3-2-7(11)4-12-8/h2-6,14H,1H3. The molecule has 5 heteroatoms. The van der Waals surface area contributed by atoms with Crippen molar-refractivity contribution in [1.82, 2.24) is 9.97 Å². The second-order valence-electron chi connectivity index (χ2n) is 3.11. The van der Waals surface area contributed by atoms with Gasteiger partial charge in [-0.15, -0.1) is 11.3 Å². The van der Waals surface area contributed by atoms with E-state index in [2.05, 4.69) is 9.97 Å². The average Bonchev–Trinajstić information content (AvgIpc) is 2.68. The Morgan fingerprint density at radius 1 is 1.40 bits per heavy atom. The van der Waals surface area contributed by atoms with Gasteiger partial charge in [0.2, 0.25) is 0 Å². The van der Waals surface area contributed by atoms with Crippen LogP contribution in [-0.2, 0) is 0 Å². The minimum Gasteiger partial charge on any atom is -0.386 e.